The Morgan fingerprint density at radius 2 is 1.75 bits per heavy atom. The molecule has 28 heavy (non-hydrogen) atoms. The van der Waals surface area contributed by atoms with Crippen molar-refractivity contribution in [2.45, 2.75) is 36.7 Å². The van der Waals surface area contributed by atoms with Gasteiger partial charge in [-0.2, -0.15) is 0 Å². The fraction of sp³-hybridized carbons (Fsp3) is 0.190. The Balaban J connectivity index is 1.67. The SMILES string of the molecule is Cc1nc(C)c(C(=O)O[C@@H](C)C(=O)Nc2ccccc2Sc2ccccc2)s1. The maximum Gasteiger partial charge on any atom is 0.351 e. The van der Waals surface area contributed by atoms with Gasteiger partial charge in [0.15, 0.2) is 6.10 Å². The number of nitrogens with zero attached hydrogens (tertiary/aromatic N) is 1. The Bertz CT molecular complexity index is 986. The smallest absolute Gasteiger partial charge is 0.351 e. The van der Waals surface area contributed by atoms with Crippen molar-refractivity contribution in [1.82, 2.24) is 4.98 Å². The lowest BCUT2D eigenvalue weighted by atomic mass is 10.3. The Hall–Kier alpha value is -2.64. The molecule has 3 aromatic rings. The fourth-order valence-electron chi connectivity index (χ4n) is 2.50. The summed E-state index contributed by atoms with van der Waals surface area (Å²) >= 11 is 2.82. The lowest BCUT2D eigenvalue weighted by Crippen LogP contribution is -2.30. The highest BCUT2D eigenvalue weighted by Gasteiger charge is 2.22. The molecule has 1 atom stereocenters. The molecule has 1 aromatic heterocycles. The zero-order valence-electron chi connectivity index (χ0n) is 15.8. The van der Waals surface area contributed by atoms with Crippen molar-refractivity contribution in [2.75, 3.05) is 5.32 Å². The number of hydrogen-bond donors (Lipinski definition) is 1. The van der Waals surface area contributed by atoms with E-state index in [1.165, 1.54) is 11.3 Å². The van der Waals surface area contributed by atoms with Gasteiger partial charge in [0.1, 0.15) is 4.88 Å². The second-order valence-corrected chi connectivity index (χ2v) is 8.41. The minimum atomic E-state index is -0.927. The number of carbonyl (C=O) groups excluding carboxylic acids is 2. The van der Waals surface area contributed by atoms with Crippen molar-refractivity contribution in [3.63, 3.8) is 0 Å². The number of anilines is 1. The molecule has 0 fully saturated rings. The van der Waals surface area contributed by atoms with Crippen molar-refractivity contribution in [2.24, 2.45) is 0 Å². The van der Waals surface area contributed by atoms with Crippen molar-refractivity contribution in [3.8, 4) is 0 Å². The Kier molecular flexibility index (Phi) is 6.49. The summed E-state index contributed by atoms with van der Waals surface area (Å²) in [6.07, 6.45) is -0.927. The van der Waals surface area contributed by atoms with Gasteiger partial charge in [0.05, 0.1) is 16.4 Å². The third kappa shape index (κ3) is 4.99. The van der Waals surface area contributed by atoms with E-state index in [4.69, 9.17) is 4.74 Å². The molecule has 0 radical (unpaired) electrons. The highest BCUT2D eigenvalue weighted by molar-refractivity contribution is 7.99. The van der Waals surface area contributed by atoms with Gasteiger partial charge in [0.2, 0.25) is 0 Å². The number of amides is 1. The number of thiazole rings is 1. The van der Waals surface area contributed by atoms with E-state index < -0.39 is 12.1 Å². The van der Waals surface area contributed by atoms with Crippen LogP contribution in [0.2, 0.25) is 0 Å². The summed E-state index contributed by atoms with van der Waals surface area (Å²) in [4.78, 5) is 31.5. The molecule has 0 bridgehead atoms. The van der Waals surface area contributed by atoms with Crippen LogP contribution in [0.4, 0.5) is 5.69 Å². The molecule has 0 aliphatic carbocycles. The van der Waals surface area contributed by atoms with Gasteiger partial charge in [-0.25, -0.2) is 9.78 Å². The number of hydrogen-bond acceptors (Lipinski definition) is 6. The summed E-state index contributed by atoms with van der Waals surface area (Å²) in [7, 11) is 0. The molecule has 0 unspecified atom stereocenters. The van der Waals surface area contributed by atoms with Crippen LogP contribution in [-0.2, 0) is 9.53 Å². The molecule has 3 rings (SSSR count). The maximum atomic E-state index is 12.6. The van der Waals surface area contributed by atoms with Gasteiger partial charge < -0.3 is 10.1 Å². The number of esters is 1. The first-order chi connectivity index (χ1) is 13.4. The molecule has 0 saturated heterocycles. The largest absolute Gasteiger partial charge is 0.448 e. The summed E-state index contributed by atoms with van der Waals surface area (Å²) in [5.74, 6) is -0.911. The van der Waals surface area contributed by atoms with Crippen molar-refractivity contribution < 1.29 is 14.3 Å². The molecular formula is C21H20N2O3S2. The number of carbonyl (C=O) groups is 2. The quantitative estimate of drug-likeness (QED) is 0.571. The number of benzene rings is 2. The zero-order valence-corrected chi connectivity index (χ0v) is 17.4. The van der Waals surface area contributed by atoms with Gasteiger partial charge in [-0.05, 0) is 45.0 Å². The third-order valence-electron chi connectivity index (χ3n) is 3.86. The number of aromatic nitrogens is 1. The number of rotatable bonds is 6. The molecular weight excluding hydrogens is 392 g/mol. The summed E-state index contributed by atoms with van der Waals surface area (Å²) in [6, 6.07) is 17.4. The predicted molar refractivity (Wildman–Crippen MR) is 112 cm³/mol. The minimum absolute atomic E-state index is 0.381. The average Bonchev–Trinajstić information content (AvgIpc) is 3.02. The lowest BCUT2D eigenvalue weighted by molar-refractivity contribution is -0.123. The fourth-order valence-corrected chi connectivity index (χ4v) is 4.22. The van der Waals surface area contributed by atoms with Crippen LogP contribution in [-0.4, -0.2) is 23.0 Å². The van der Waals surface area contributed by atoms with Crippen LogP contribution in [0.3, 0.4) is 0 Å². The molecule has 0 saturated carbocycles. The van der Waals surface area contributed by atoms with E-state index in [1.807, 2.05) is 61.5 Å². The minimum Gasteiger partial charge on any atom is -0.448 e. The number of aryl methyl sites for hydroxylation is 2. The van der Waals surface area contributed by atoms with Crippen molar-refractivity contribution >= 4 is 40.7 Å². The number of nitrogens with one attached hydrogen (secondary N) is 1. The molecule has 2 aromatic carbocycles. The highest BCUT2D eigenvalue weighted by Crippen LogP contribution is 2.33. The third-order valence-corrected chi connectivity index (χ3v) is 5.99. The van der Waals surface area contributed by atoms with Gasteiger partial charge >= 0.3 is 5.97 Å². The van der Waals surface area contributed by atoms with Crippen molar-refractivity contribution in [1.29, 1.82) is 0 Å². The second-order valence-electron chi connectivity index (χ2n) is 6.10. The maximum absolute atomic E-state index is 12.6. The molecule has 0 aliphatic heterocycles. The van der Waals surface area contributed by atoms with E-state index in [0.717, 1.165) is 14.8 Å². The zero-order chi connectivity index (χ0) is 20.1. The van der Waals surface area contributed by atoms with E-state index in [0.29, 0.717) is 16.3 Å². The molecule has 0 aliphatic rings. The molecule has 5 nitrogen and oxygen atoms in total. The Morgan fingerprint density at radius 1 is 1.07 bits per heavy atom. The molecule has 1 N–H and O–H groups in total. The van der Waals surface area contributed by atoms with E-state index >= 15 is 0 Å². The first-order valence-electron chi connectivity index (χ1n) is 8.72. The van der Waals surface area contributed by atoms with E-state index in [1.54, 1.807) is 25.6 Å². The summed E-state index contributed by atoms with van der Waals surface area (Å²) in [5.41, 5.74) is 1.29. The van der Waals surface area contributed by atoms with E-state index in [-0.39, 0.29) is 5.91 Å². The number of para-hydroxylation sites is 1. The van der Waals surface area contributed by atoms with Gasteiger partial charge in [-0.3, -0.25) is 4.79 Å². The molecule has 1 heterocycles. The van der Waals surface area contributed by atoms with Gasteiger partial charge in [0, 0.05) is 9.79 Å². The van der Waals surface area contributed by atoms with Crippen molar-refractivity contribution in [3.05, 3.63) is 70.2 Å². The summed E-state index contributed by atoms with van der Waals surface area (Å²) < 4.78 is 5.34. The monoisotopic (exact) mass is 412 g/mol. The molecule has 0 spiro atoms. The molecule has 1 amide bonds. The van der Waals surface area contributed by atoms with Gasteiger partial charge in [-0.15, -0.1) is 11.3 Å². The first-order valence-corrected chi connectivity index (χ1v) is 10.3. The summed E-state index contributed by atoms with van der Waals surface area (Å²) in [6.45, 7) is 5.14. The lowest BCUT2D eigenvalue weighted by Gasteiger charge is -2.15. The second kappa shape index (κ2) is 9.03. The van der Waals surface area contributed by atoms with Crippen LogP contribution in [0.1, 0.15) is 27.3 Å². The summed E-state index contributed by atoms with van der Waals surface area (Å²) in [5, 5.41) is 3.64. The topological polar surface area (TPSA) is 68.3 Å². The van der Waals surface area contributed by atoms with Crippen LogP contribution in [0.25, 0.3) is 0 Å². The molecule has 7 heteroatoms. The standard InChI is InChI=1S/C21H20N2O3S2/c1-13-19(27-15(3)22-13)21(25)26-14(2)20(24)23-17-11-7-8-12-18(17)28-16-9-5-4-6-10-16/h4-12,14H,1-3H3,(H,23,24)/t14-/m0/s1. The molecule has 144 valence electrons. The van der Waals surface area contributed by atoms with E-state index in [2.05, 4.69) is 10.3 Å². The van der Waals surface area contributed by atoms with Crippen LogP contribution < -0.4 is 5.32 Å². The predicted octanol–water partition coefficient (Wildman–Crippen LogP) is 5.10. The highest BCUT2D eigenvalue weighted by atomic mass is 32.2. The van der Waals surface area contributed by atoms with Crippen LogP contribution in [0, 0.1) is 13.8 Å². The first kappa shape index (κ1) is 20.1. The van der Waals surface area contributed by atoms with Gasteiger partial charge in [-0.1, -0.05) is 42.1 Å². The van der Waals surface area contributed by atoms with Gasteiger partial charge in [0.25, 0.3) is 5.91 Å². The number of ether oxygens (including phenoxy) is 1. The Morgan fingerprint density at radius 3 is 2.43 bits per heavy atom. The van der Waals surface area contributed by atoms with Crippen LogP contribution >= 0.6 is 23.1 Å². The average molecular weight is 413 g/mol. The normalized spacial score (nSPS) is 11.7. The van der Waals surface area contributed by atoms with Crippen LogP contribution in [0.5, 0.6) is 0 Å². The van der Waals surface area contributed by atoms with E-state index in [9.17, 15) is 9.59 Å². The van der Waals surface area contributed by atoms with Crippen LogP contribution in [0.15, 0.2) is 64.4 Å². The Labute approximate surface area is 172 Å².